The molecule has 1 rings (SSSR count). The summed E-state index contributed by atoms with van der Waals surface area (Å²) >= 11 is 0. The first-order valence-electron chi connectivity index (χ1n) is 6.24. The highest BCUT2D eigenvalue weighted by Gasteiger charge is 2.34. The van der Waals surface area contributed by atoms with Crippen molar-refractivity contribution >= 4 is 5.91 Å². The van der Waals surface area contributed by atoms with Gasteiger partial charge in [-0.1, -0.05) is 40.0 Å². The normalized spacial score (nSPS) is 21.2. The highest BCUT2D eigenvalue weighted by molar-refractivity contribution is 5.79. The molecule has 1 N–H and O–H groups in total. The molecule has 1 amide bonds. The van der Waals surface area contributed by atoms with E-state index < -0.39 is 5.54 Å². The van der Waals surface area contributed by atoms with Gasteiger partial charge in [0.05, 0.1) is 6.07 Å². The Morgan fingerprint density at radius 2 is 1.81 bits per heavy atom. The lowest BCUT2D eigenvalue weighted by molar-refractivity contribution is -0.127. The van der Waals surface area contributed by atoms with E-state index in [9.17, 15) is 10.1 Å². The number of carbonyl (C=O) groups excluding carboxylic acids is 1. The van der Waals surface area contributed by atoms with Gasteiger partial charge >= 0.3 is 0 Å². The molecule has 0 radical (unpaired) electrons. The van der Waals surface area contributed by atoms with Gasteiger partial charge in [-0.05, 0) is 18.8 Å². The number of carbonyl (C=O) groups is 1. The number of nitrogens with one attached hydrogen (secondary N) is 1. The van der Waals surface area contributed by atoms with E-state index in [1.54, 1.807) is 0 Å². The van der Waals surface area contributed by atoms with Crippen molar-refractivity contribution in [2.45, 2.75) is 58.4 Å². The molecule has 0 aliphatic heterocycles. The van der Waals surface area contributed by atoms with Gasteiger partial charge in [-0.15, -0.1) is 0 Å². The summed E-state index contributed by atoms with van der Waals surface area (Å²) in [5.74, 6) is 0.324. The molecule has 0 aromatic rings. The van der Waals surface area contributed by atoms with Crippen molar-refractivity contribution < 1.29 is 4.79 Å². The van der Waals surface area contributed by atoms with E-state index >= 15 is 0 Å². The van der Waals surface area contributed by atoms with Crippen molar-refractivity contribution in [3.63, 3.8) is 0 Å². The third-order valence-electron chi connectivity index (χ3n) is 3.70. The molecular formula is C13H22N2O. The topological polar surface area (TPSA) is 52.9 Å². The fourth-order valence-corrected chi connectivity index (χ4v) is 2.07. The third-order valence-corrected chi connectivity index (χ3v) is 3.70. The molecule has 1 aliphatic rings. The average Bonchev–Trinajstić information content (AvgIpc) is 2.29. The van der Waals surface area contributed by atoms with Crippen LogP contribution in [0.25, 0.3) is 0 Å². The highest BCUT2D eigenvalue weighted by Crippen LogP contribution is 2.28. The summed E-state index contributed by atoms with van der Waals surface area (Å²) in [6.07, 6.45) is 4.88. The summed E-state index contributed by atoms with van der Waals surface area (Å²) in [7, 11) is 0. The number of hydrogen-bond acceptors (Lipinski definition) is 2. The van der Waals surface area contributed by atoms with Crippen LogP contribution in [0.1, 0.15) is 52.9 Å². The summed E-state index contributed by atoms with van der Waals surface area (Å²) in [5.41, 5.74) is -0.585. The number of rotatable bonds is 3. The van der Waals surface area contributed by atoms with E-state index in [4.69, 9.17) is 0 Å². The molecule has 90 valence electrons. The zero-order valence-corrected chi connectivity index (χ0v) is 10.5. The summed E-state index contributed by atoms with van der Waals surface area (Å²) in [4.78, 5) is 12.0. The second kappa shape index (κ2) is 5.34. The van der Waals surface area contributed by atoms with Gasteiger partial charge in [0.1, 0.15) is 5.54 Å². The summed E-state index contributed by atoms with van der Waals surface area (Å²) in [6.45, 7) is 5.99. The van der Waals surface area contributed by atoms with Gasteiger partial charge in [0.2, 0.25) is 5.91 Å². The first-order valence-corrected chi connectivity index (χ1v) is 6.24. The molecule has 1 saturated carbocycles. The summed E-state index contributed by atoms with van der Waals surface area (Å²) < 4.78 is 0. The lowest BCUT2D eigenvalue weighted by Crippen LogP contribution is -2.50. The van der Waals surface area contributed by atoms with E-state index in [1.807, 2.05) is 20.8 Å². The van der Waals surface area contributed by atoms with Gasteiger partial charge in [-0.25, -0.2) is 0 Å². The fourth-order valence-electron chi connectivity index (χ4n) is 2.07. The average molecular weight is 222 g/mol. The van der Waals surface area contributed by atoms with Crippen molar-refractivity contribution in [2.75, 3.05) is 0 Å². The Kier molecular flexibility index (Phi) is 4.35. The van der Waals surface area contributed by atoms with Crippen molar-refractivity contribution in [1.82, 2.24) is 5.32 Å². The smallest absolute Gasteiger partial charge is 0.224 e. The van der Waals surface area contributed by atoms with E-state index in [1.165, 1.54) is 6.42 Å². The van der Waals surface area contributed by atoms with Crippen LogP contribution in [0.4, 0.5) is 0 Å². The molecule has 0 bridgehead atoms. The molecule has 0 heterocycles. The Morgan fingerprint density at radius 3 is 2.25 bits per heavy atom. The lowest BCUT2D eigenvalue weighted by atomic mass is 9.82. The number of nitriles is 1. The maximum atomic E-state index is 12.0. The molecule has 1 unspecified atom stereocenters. The minimum absolute atomic E-state index is 0.0212. The first-order chi connectivity index (χ1) is 7.51. The van der Waals surface area contributed by atoms with Gasteiger partial charge in [-0.2, -0.15) is 5.26 Å². The predicted octanol–water partition coefficient (Wildman–Crippen LogP) is 2.62. The van der Waals surface area contributed by atoms with Gasteiger partial charge in [0.15, 0.2) is 0 Å². The van der Waals surface area contributed by atoms with Crippen LogP contribution in [-0.4, -0.2) is 11.4 Å². The monoisotopic (exact) mass is 222 g/mol. The Morgan fingerprint density at radius 1 is 1.25 bits per heavy atom. The molecule has 1 aliphatic carbocycles. The third kappa shape index (κ3) is 2.98. The van der Waals surface area contributed by atoms with E-state index in [-0.39, 0.29) is 11.8 Å². The van der Waals surface area contributed by atoms with Crippen LogP contribution in [0.2, 0.25) is 0 Å². The zero-order chi connectivity index (χ0) is 12.2. The standard InChI is InChI=1S/C13H22N2O/c1-10(2)11(3)12(16)15-13(9-14)7-5-4-6-8-13/h10-11H,4-8H2,1-3H3,(H,15,16). The summed E-state index contributed by atoms with van der Waals surface area (Å²) in [5, 5.41) is 12.2. The van der Waals surface area contributed by atoms with Gasteiger partial charge in [-0.3, -0.25) is 4.79 Å². The molecule has 3 nitrogen and oxygen atoms in total. The quantitative estimate of drug-likeness (QED) is 0.798. The van der Waals surface area contributed by atoms with Crippen molar-refractivity contribution in [2.24, 2.45) is 11.8 Å². The van der Waals surface area contributed by atoms with Crippen molar-refractivity contribution in [3.8, 4) is 6.07 Å². The Balaban J connectivity index is 2.63. The number of hydrogen-bond donors (Lipinski definition) is 1. The maximum Gasteiger partial charge on any atom is 0.224 e. The molecule has 0 aromatic heterocycles. The van der Waals surface area contributed by atoms with Crippen LogP contribution in [0.3, 0.4) is 0 Å². The zero-order valence-electron chi connectivity index (χ0n) is 10.5. The van der Waals surface area contributed by atoms with Crippen molar-refractivity contribution in [1.29, 1.82) is 5.26 Å². The van der Waals surface area contributed by atoms with E-state index in [2.05, 4.69) is 11.4 Å². The largest absolute Gasteiger partial charge is 0.338 e. The van der Waals surface area contributed by atoms with Crippen molar-refractivity contribution in [3.05, 3.63) is 0 Å². The van der Waals surface area contributed by atoms with Crippen LogP contribution in [0, 0.1) is 23.2 Å². The van der Waals surface area contributed by atoms with Crippen LogP contribution in [0.15, 0.2) is 0 Å². The second-order valence-corrected chi connectivity index (χ2v) is 5.28. The number of nitrogens with zero attached hydrogens (tertiary/aromatic N) is 1. The summed E-state index contributed by atoms with van der Waals surface area (Å²) in [6, 6.07) is 2.31. The SMILES string of the molecule is CC(C)C(C)C(=O)NC1(C#N)CCCCC1. The molecule has 1 fully saturated rings. The Labute approximate surface area is 98.2 Å². The maximum absolute atomic E-state index is 12.0. The molecule has 1 atom stereocenters. The Bertz CT molecular complexity index is 285. The molecule has 0 spiro atoms. The first kappa shape index (κ1) is 13.0. The highest BCUT2D eigenvalue weighted by atomic mass is 16.2. The minimum Gasteiger partial charge on any atom is -0.338 e. The fraction of sp³-hybridized carbons (Fsp3) is 0.846. The van der Waals surface area contributed by atoms with Gasteiger partial charge < -0.3 is 5.32 Å². The molecule has 0 aromatic carbocycles. The van der Waals surface area contributed by atoms with Crippen LogP contribution in [0.5, 0.6) is 0 Å². The molecule has 0 saturated heterocycles. The van der Waals surface area contributed by atoms with Gasteiger partial charge in [0.25, 0.3) is 0 Å². The molecular weight excluding hydrogens is 200 g/mol. The van der Waals surface area contributed by atoms with E-state index in [0.717, 1.165) is 25.7 Å². The lowest BCUT2D eigenvalue weighted by Gasteiger charge is -2.33. The van der Waals surface area contributed by atoms with Crippen LogP contribution >= 0.6 is 0 Å². The molecule has 3 heteroatoms. The van der Waals surface area contributed by atoms with Crippen LogP contribution in [-0.2, 0) is 4.79 Å². The molecule has 16 heavy (non-hydrogen) atoms. The predicted molar refractivity (Wildman–Crippen MR) is 63.6 cm³/mol. The van der Waals surface area contributed by atoms with Crippen LogP contribution < -0.4 is 5.32 Å². The minimum atomic E-state index is -0.585. The second-order valence-electron chi connectivity index (χ2n) is 5.28. The van der Waals surface area contributed by atoms with E-state index in [0.29, 0.717) is 5.92 Å². The number of amides is 1. The Hall–Kier alpha value is -1.04. The van der Waals surface area contributed by atoms with Gasteiger partial charge in [0, 0.05) is 5.92 Å².